The zero-order valence-electron chi connectivity index (χ0n) is 12.7. The predicted molar refractivity (Wildman–Crippen MR) is 94.5 cm³/mol. The van der Waals surface area contributed by atoms with Crippen LogP contribution in [-0.4, -0.2) is 27.5 Å². The maximum Gasteiger partial charge on any atom is 0.186 e. The van der Waals surface area contributed by atoms with E-state index in [1.54, 1.807) is 42.1 Å². The normalized spacial score (nSPS) is 18.3. The molecule has 1 aliphatic rings. The fourth-order valence-corrected chi connectivity index (χ4v) is 3.42. The number of carbonyl (C=O) groups excluding carboxylic acids is 1. The van der Waals surface area contributed by atoms with Crippen molar-refractivity contribution in [2.75, 3.05) is 11.5 Å². The zero-order valence-corrected chi connectivity index (χ0v) is 13.5. The minimum atomic E-state index is -0.337. The van der Waals surface area contributed by atoms with Crippen LogP contribution in [-0.2, 0) is 4.79 Å². The molecule has 2 N–H and O–H groups in total. The largest absolute Gasteiger partial charge is 0.504 e. The number of Topliss-reactive ketones (excluding diaryl/α,β-unsaturated/α-hetero) is 1. The first kappa shape index (κ1) is 16.3. The van der Waals surface area contributed by atoms with Gasteiger partial charge in [0, 0.05) is 22.7 Å². The first-order chi connectivity index (χ1) is 11.5. The van der Waals surface area contributed by atoms with Crippen molar-refractivity contribution in [2.45, 2.75) is 0 Å². The summed E-state index contributed by atoms with van der Waals surface area (Å²) in [7, 11) is 0. The molecule has 24 heavy (non-hydrogen) atoms. The molecule has 5 heteroatoms. The third-order valence-electron chi connectivity index (χ3n) is 3.63. The Bertz CT molecular complexity index is 855. The van der Waals surface area contributed by atoms with Gasteiger partial charge in [0.25, 0.3) is 0 Å². The van der Waals surface area contributed by atoms with Crippen LogP contribution in [0.2, 0.25) is 0 Å². The number of hydrogen-bond donors (Lipinski definition) is 2. The molecule has 1 saturated heterocycles. The summed E-state index contributed by atoms with van der Waals surface area (Å²) in [5, 5.41) is 18.9. The molecular weight excluding hydrogens is 327 g/mol. The molecule has 1 heterocycles. The predicted octanol–water partition coefficient (Wildman–Crippen LogP) is 4.02. The van der Waals surface area contributed by atoms with E-state index in [-0.39, 0.29) is 23.1 Å². The molecule has 0 aliphatic carbocycles. The van der Waals surface area contributed by atoms with E-state index in [1.165, 1.54) is 24.3 Å². The van der Waals surface area contributed by atoms with Crippen molar-refractivity contribution in [1.82, 2.24) is 0 Å². The SMILES string of the molecule is O=C1/C(=C/c2cccc(F)c2)CSC/C1=C\c1ccc(O)c(O)c1. The van der Waals surface area contributed by atoms with Crippen LogP contribution in [0.3, 0.4) is 0 Å². The summed E-state index contributed by atoms with van der Waals surface area (Å²) in [6.07, 6.45) is 3.41. The molecule has 0 aromatic heterocycles. The van der Waals surface area contributed by atoms with Crippen LogP contribution in [0.25, 0.3) is 12.2 Å². The highest BCUT2D eigenvalue weighted by atomic mass is 32.2. The second kappa shape index (κ2) is 6.93. The number of hydrogen-bond acceptors (Lipinski definition) is 4. The molecule has 0 radical (unpaired) electrons. The number of phenols is 2. The smallest absolute Gasteiger partial charge is 0.186 e. The van der Waals surface area contributed by atoms with Crippen LogP contribution in [0.1, 0.15) is 11.1 Å². The van der Waals surface area contributed by atoms with Crippen molar-refractivity contribution in [1.29, 1.82) is 0 Å². The summed E-state index contributed by atoms with van der Waals surface area (Å²) >= 11 is 1.60. The number of thioether (sulfide) groups is 1. The van der Waals surface area contributed by atoms with Gasteiger partial charge in [-0.25, -0.2) is 4.39 Å². The summed E-state index contributed by atoms with van der Waals surface area (Å²) in [4.78, 5) is 12.6. The lowest BCUT2D eigenvalue weighted by Gasteiger charge is -2.16. The first-order valence-corrected chi connectivity index (χ1v) is 8.49. The number of phenolic OH excluding ortho intramolecular Hbond substituents is 2. The Morgan fingerprint density at radius 1 is 0.917 bits per heavy atom. The Hall–Kier alpha value is -2.53. The molecule has 0 spiro atoms. The maximum absolute atomic E-state index is 13.3. The lowest BCUT2D eigenvalue weighted by atomic mass is 10.0. The fourth-order valence-electron chi connectivity index (χ4n) is 2.45. The van der Waals surface area contributed by atoms with E-state index >= 15 is 0 Å². The molecule has 1 aliphatic heterocycles. The average Bonchev–Trinajstić information content (AvgIpc) is 2.55. The van der Waals surface area contributed by atoms with Crippen LogP contribution in [0.15, 0.2) is 53.6 Å². The highest BCUT2D eigenvalue weighted by Gasteiger charge is 2.21. The van der Waals surface area contributed by atoms with Crippen LogP contribution < -0.4 is 0 Å². The monoisotopic (exact) mass is 342 g/mol. The molecule has 3 rings (SSSR count). The van der Waals surface area contributed by atoms with Crippen molar-refractivity contribution < 1.29 is 19.4 Å². The molecule has 3 nitrogen and oxygen atoms in total. The van der Waals surface area contributed by atoms with Gasteiger partial charge in [0.15, 0.2) is 17.3 Å². The Balaban J connectivity index is 1.89. The van der Waals surface area contributed by atoms with Crippen molar-refractivity contribution in [3.05, 3.63) is 70.6 Å². The zero-order chi connectivity index (χ0) is 17.1. The van der Waals surface area contributed by atoms with Crippen molar-refractivity contribution in [2.24, 2.45) is 0 Å². The quantitative estimate of drug-likeness (QED) is 0.639. The summed E-state index contributed by atoms with van der Waals surface area (Å²) in [6, 6.07) is 10.5. The standard InChI is InChI=1S/C19H15FO3S/c20-16-3-1-2-12(8-16)6-14-10-24-11-15(19(14)23)7-13-4-5-17(21)18(22)9-13/h1-9,21-22H,10-11H2/b14-6+,15-7+. The highest BCUT2D eigenvalue weighted by molar-refractivity contribution is 7.99. The molecule has 2 aromatic rings. The van der Waals surface area contributed by atoms with Crippen LogP contribution in [0.4, 0.5) is 4.39 Å². The Morgan fingerprint density at radius 2 is 1.58 bits per heavy atom. The van der Waals surface area contributed by atoms with E-state index in [0.717, 1.165) is 0 Å². The highest BCUT2D eigenvalue weighted by Crippen LogP contribution is 2.29. The minimum absolute atomic E-state index is 0.0782. The molecule has 0 atom stereocenters. The Labute approximate surface area is 143 Å². The van der Waals surface area contributed by atoms with Gasteiger partial charge in [-0.2, -0.15) is 11.8 Å². The fraction of sp³-hybridized carbons (Fsp3) is 0.105. The van der Waals surface area contributed by atoms with Crippen LogP contribution in [0.5, 0.6) is 11.5 Å². The number of rotatable bonds is 2. The molecule has 0 bridgehead atoms. The van der Waals surface area contributed by atoms with E-state index in [1.807, 2.05) is 0 Å². The third-order valence-corrected chi connectivity index (χ3v) is 4.66. The van der Waals surface area contributed by atoms with E-state index in [4.69, 9.17) is 0 Å². The lowest BCUT2D eigenvalue weighted by Crippen LogP contribution is -2.16. The number of carbonyl (C=O) groups is 1. The molecular formula is C19H15FO3S. The van der Waals surface area contributed by atoms with Crippen LogP contribution >= 0.6 is 11.8 Å². The van der Waals surface area contributed by atoms with Gasteiger partial charge in [-0.05, 0) is 47.5 Å². The average molecular weight is 342 g/mol. The second-order valence-electron chi connectivity index (χ2n) is 5.46. The van der Waals surface area contributed by atoms with Crippen molar-refractivity contribution in [3.63, 3.8) is 0 Å². The molecule has 0 amide bonds. The molecule has 1 fully saturated rings. The van der Waals surface area contributed by atoms with Gasteiger partial charge >= 0.3 is 0 Å². The van der Waals surface area contributed by atoms with Gasteiger partial charge in [-0.15, -0.1) is 0 Å². The minimum Gasteiger partial charge on any atom is -0.504 e. The van der Waals surface area contributed by atoms with E-state index in [9.17, 15) is 19.4 Å². The first-order valence-electron chi connectivity index (χ1n) is 7.34. The summed E-state index contributed by atoms with van der Waals surface area (Å²) in [6.45, 7) is 0. The van der Waals surface area contributed by atoms with Gasteiger partial charge in [0.05, 0.1) is 0 Å². The van der Waals surface area contributed by atoms with E-state index < -0.39 is 0 Å². The van der Waals surface area contributed by atoms with Gasteiger partial charge in [0.1, 0.15) is 5.82 Å². The molecule has 2 aromatic carbocycles. The Morgan fingerprint density at radius 3 is 2.21 bits per heavy atom. The van der Waals surface area contributed by atoms with E-state index in [0.29, 0.717) is 33.8 Å². The lowest BCUT2D eigenvalue weighted by molar-refractivity contribution is -0.112. The van der Waals surface area contributed by atoms with Gasteiger partial charge in [0.2, 0.25) is 0 Å². The number of halogens is 1. The number of benzene rings is 2. The topological polar surface area (TPSA) is 57.5 Å². The molecule has 0 unspecified atom stereocenters. The summed E-state index contributed by atoms with van der Waals surface area (Å²) in [5.74, 6) is 0.305. The Kier molecular flexibility index (Phi) is 4.71. The summed E-state index contributed by atoms with van der Waals surface area (Å²) in [5.41, 5.74) is 2.52. The van der Waals surface area contributed by atoms with Gasteiger partial charge < -0.3 is 10.2 Å². The maximum atomic E-state index is 13.3. The number of aromatic hydroxyl groups is 2. The second-order valence-corrected chi connectivity index (χ2v) is 6.45. The van der Waals surface area contributed by atoms with Crippen LogP contribution in [0, 0.1) is 5.82 Å². The van der Waals surface area contributed by atoms with Gasteiger partial charge in [-0.3, -0.25) is 4.79 Å². The summed E-state index contributed by atoms with van der Waals surface area (Å²) < 4.78 is 13.3. The number of ketones is 1. The molecule has 122 valence electrons. The third kappa shape index (κ3) is 3.68. The van der Waals surface area contributed by atoms with E-state index in [2.05, 4.69) is 0 Å². The van der Waals surface area contributed by atoms with Gasteiger partial charge in [-0.1, -0.05) is 18.2 Å². The van der Waals surface area contributed by atoms with Crippen molar-refractivity contribution in [3.8, 4) is 11.5 Å². The molecule has 0 saturated carbocycles. The van der Waals surface area contributed by atoms with Crippen molar-refractivity contribution >= 4 is 29.7 Å².